The van der Waals surface area contributed by atoms with Crippen molar-refractivity contribution in [2.75, 3.05) is 46.0 Å². The van der Waals surface area contributed by atoms with Crippen LogP contribution in [0.15, 0.2) is 24.3 Å². The fourth-order valence-electron chi connectivity index (χ4n) is 3.51. The minimum atomic E-state index is -3.54. The van der Waals surface area contributed by atoms with Crippen molar-refractivity contribution in [2.24, 2.45) is 5.92 Å². The first-order chi connectivity index (χ1) is 13.5. The first-order valence-electron chi connectivity index (χ1n) is 9.83. The van der Waals surface area contributed by atoms with Crippen LogP contribution in [0.4, 0.5) is 0 Å². The van der Waals surface area contributed by atoms with E-state index in [0.717, 1.165) is 11.3 Å². The molecule has 28 heavy (non-hydrogen) atoms. The van der Waals surface area contributed by atoms with Crippen LogP contribution < -0.4 is 10.1 Å². The molecule has 0 aliphatic carbocycles. The van der Waals surface area contributed by atoms with E-state index in [0.29, 0.717) is 58.8 Å². The number of nitrogens with zero attached hydrogens (tertiary/aromatic N) is 2. The molecular formula is C19H29N3O5S. The number of piperidine rings is 1. The summed E-state index contributed by atoms with van der Waals surface area (Å²) >= 11 is 0. The molecule has 1 N–H and O–H groups in total. The second-order valence-electron chi connectivity index (χ2n) is 7.01. The van der Waals surface area contributed by atoms with Crippen LogP contribution in [0.5, 0.6) is 5.75 Å². The van der Waals surface area contributed by atoms with Crippen LogP contribution in [0.1, 0.15) is 25.3 Å². The SMILES string of the molecule is CCOc1ccc(CNC(=O)[C@H]2CCCN(S(=O)(=O)N3CCOCC3)C2)cc1. The summed E-state index contributed by atoms with van der Waals surface area (Å²) in [4.78, 5) is 12.6. The molecule has 0 bridgehead atoms. The molecule has 0 radical (unpaired) electrons. The zero-order valence-corrected chi connectivity index (χ0v) is 17.1. The summed E-state index contributed by atoms with van der Waals surface area (Å²) in [6.07, 6.45) is 1.38. The van der Waals surface area contributed by atoms with E-state index in [4.69, 9.17) is 9.47 Å². The molecule has 2 fully saturated rings. The molecule has 2 aliphatic heterocycles. The van der Waals surface area contributed by atoms with Crippen molar-refractivity contribution < 1.29 is 22.7 Å². The summed E-state index contributed by atoms with van der Waals surface area (Å²) in [5.41, 5.74) is 0.977. The Bertz CT molecular complexity index is 747. The van der Waals surface area contributed by atoms with Crippen molar-refractivity contribution in [2.45, 2.75) is 26.3 Å². The van der Waals surface area contributed by atoms with E-state index in [9.17, 15) is 13.2 Å². The minimum Gasteiger partial charge on any atom is -0.494 e. The zero-order chi connectivity index (χ0) is 20.0. The summed E-state index contributed by atoms with van der Waals surface area (Å²) < 4.78 is 39.2. The second-order valence-corrected chi connectivity index (χ2v) is 8.94. The highest BCUT2D eigenvalue weighted by atomic mass is 32.2. The van der Waals surface area contributed by atoms with Crippen molar-refractivity contribution in [3.63, 3.8) is 0 Å². The van der Waals surface area contributed by atoms with Gasteiger partial charge in [-0.25, -0.2) is 0 Å². The van der Waals surface area contributed by atoms with Crippen molar-refractivity contribution in [1.29, 1.82) is 0 Å². The summed E-state index contributed by atoms with van der Waals surface area (Å²) in [7, 11) is -3.54. The van der Waals surface area contributed by atoms with Crippen molar-refractivity contribution in [3.05, 3.63) is 29.8 Å². The summed E-state index contributed by atoms with van der Waals surface area (Å²) in [5, 5.41) is 2.94. The highest BCUT2D eigenvalue weighted by molar-refractivity contribution is 7.86. The van der Waals surface area contributed by atoms with Gasteiger partial charge >= 0.3 is 0 Å². The molecule has 1 atom stereocenters. The lowest BCUT2D eigenvalue weighted by Gasteiger charge is -2.36. The summed E-state index contributed by atoms with van der Waals surface area (Å²) in [6.45, 7) is 5.22. The molecule has 2 aliphatic rings. The zero-order valence-electron chi connectivity index (χ0n) is 16.3. The minimum absolute atomic E-state index is 0.101. The van der Waals surface area contributed by atoms with Crippen molar-refractivity contribution in [1.82, 2.24) is 13.9 Å². The maximum atomic E-state index is 12.8. The summed E-state index contributed by atoms with van der Waals surface area (Å²) in [6, 6.07) is 7.59. The lowest BCUT2D eigenvalue weighted by molar-refractivity contribution is -0.126. The number of morpholine rings is 1. The highest BCUT2D eigenvalue weighted by Crippen LogP contribution is 2.22. The third-order valence-electron chi connectivity index (χ3n) is 5.08. The number of carbonyl (C=O) groups excluding carboxylic acids is 1. The number of ether oxygens (including phenoxy) is 2. The van der Waals surface area contributed by atoms with E-state index in [-0.39, 0.29) is 18.4 Å². The van der Waals surface area contributed by atoms with Gasteiger partial charge in [0.05, 0.1) is 25.7 Å². The predicted octanol–water partition coefficient (Wildman–Crippen LogP) is 0.991. The predicted molar refractivity (Wildman–Crippen MR) is 105 cm³/mol. The molecule has 2 heterocycles. The highest BCUT2D eigenvalue weighted by Gasteiger charge is 2.36. The van der Waals surface area contributed by atoms with Gasteiger partial charge in [-0.15, -0.1) is 0 Å². The first kappa shape index (κ1) is 21.0. The first-order valence-corrected chi connectivity index (χ1v) is 11.2. The van der Waals surface area contributed by atoms with E-state index in [1.54, 1.807) is 0 Å². The van der Waals surface area contributed by atoms with Crippen LogP contribution in [-0.4, -0.2) is 68.9 Å². The number of nitrogens with one attached hydrogen (secondary N) is 1. The van der Waals surface area contributed by atoms with Gasteiger partial charge in [-0.3, -0.25) is 4.79 Å². The van der Waals surface area contributed by atoms with Gasteiger partial charge in [0.15, 0.2) is 0 Å². The van der Waals surface area contributed by atoms with Gasteiger partial charge < -0.3 is 14.8 Å². The topological polar surface area (TPSA) is 88.2 Å². The van der Waals surface area contributed by atoms with Crippen molar-refractivity contribution >= 4 is 16.1 Å². The maximum absolute atomic E-state index is 12.8. The average Bonchev–Trinajstić information content (AvgIpc) is 2.74. The molecule has 0 unspecified atom stereocenters. The van der Waals surface area contributed by atoms with Gasteiger partial charge in [0, 0.05) is 32.7 Å². The number of benzene rings is 1. The Morgan fingerprint density at radius 1 is 1.18 bits per heavy atom. The maximum Gasteiger partial charge on any atom is 0.282 e. The largest absolute Gasteiger partial charge is 0.494 e. The number of rotatable bonds is 7. The van der Waals surface area contributed by atoms with Gasteiger partial charge in [0.1, 0.15) is 5.75 Å². The lowest BCUT2D eigenvalue weighted by Crippen LogP contribution is -2.52. The van der Waals surface area contributed by atoms with Crippen molar-refractivity contribution in [3.8, 4) is 5.75 Å². The van der Waals surface area contributed by atoms with Crippen LogP contribution in [0.3, 0.4) is 0 Å². The molecule has 3 rings (SSSR count). The average molecular weight is 412 g/mol. The van der Waals surface area contributed by atoms with E-state index >= 15 is 0 Å². The van der Waals surface area contributed by atoms with Crippen LogP contribution in [0.25, 0.3) is 0 Å². The molecule has 1 aromatic carbocycles. The molecule has 9 heteroatoms. The van der Waals surface area contributed by atoms with E-state index in [2.05, 4.69) is 5.32 Å². The van der Waals surface area contributed by atoms with E-state index in [1.807, 2.05) is 31.2 Å². The van der Waals surface area contributed by atoms with Gasteiger partial charge in [0.2, 0.25) is 5.91 Å². The third-order valence-corrected chi connectivity index (χ3v) is 7.08. The number of amides is 1. The quantitative estimate of drug-likeness (QED) is 0.723. The number of hydrogen-bond acceptors (Lipinski definition) is 5. The van der Waals surface area contributed by atoms with Gasteiger partial charge in [-0.1, -0.05) is 12.1 Å². The van der Waals surface area contributed by atoms with Crippen LogP contribution in [0.2, 0.25) is 0 Å². The van der Waals surface area contributed by atoms with E-state index in [1.165, 1.54) is 8.61 Å². The molecule has 0 spiro atoms. The van der Waals surface area contributed by atoms with Crippen LogP contribution >= 0.6 is 0 Å². The summed E-state index contributed by atoms with van der Waals surface area (Å²) in [5.74, 6) is 0.372. The molecular weight excluding hydrogens is 382 g/mol. The molecule has 1 aromatic rings. The molecule has 156 valence electrons. The Balaban J connectivity index is 1.53. The Labute approximate surface area is 167 Å². The standard InChI is InChI=1S/C19H29N3O5S/c1-2-27-18-7-5-16(6-8-18)14-20-19(23)17-4-3-9-22(15-17)28(24,25)21-10-12-26-13-11-21/h5-8,17H,2-4,9-15H2,1H3,(H,20,23)/t17-/m0/s1. The Kier molecular flexibility index (Phi) is 7.28. The van der Waals surface area contributed by atoms with Gasteiger partial charge in [0.25, 0.3) is 10.2 Å². The molecule has 2 saturated heterocycles. The Hall–Kier alpha value is -1.68. The Morgan fingerprint density at radius 3 is 2.57 bits per heavy atom. The normalized spacial score (nSPS) is 22.0. The molecule has 0 saturated carbocycles. The monoisotopic (exact) mass is 411 g/mol. The fraction of sp³-hybridized carbons (Fsp3) is 0.632. The molecule has 1 amide bonds. The second kappa shape index (κ2) is 9.69. The third kappa shape index (κ3) is 5.22. The fourth-order valence-corrected chi connectivity index (χ4v) is 5.18. The van der Waals surface area contributed by atoms with E-state index < -0.39 is 10.2 Å². The number of hydrogen-bond donors (Lipinski definition) is 1. The smallest absolute Gasteiger partial charge is 0.282 e. The number of carbonyl (C=O) groups is 1. The van der Waals surface area contributed by atoms with Crippen LogP contribution in [-0.2, 0) is 26.3 Å². The van der Waals surface area contributed by atoms with Gasteiger partial charge in [-0.05, 0) is 37.5 Å². The van der Waals surface area contributed by atoms with Gasteiger partial charge in [-0.2, -0.15) is 17.0 Å². The molecule has 8 nitrogen and oxygen atoms in total. The molecule has 0 aromatic heterocycles. The van der Waals surface area contributed by atoms with Crippen LogP contribution in [0, 0.1) is 5.92 Å². The lowest BCUT2D eigenvalue weighted by atomic mass is 9.99. The Morgan fingerprint density at radius 2 is 1.89 bits per heavy atom.